The lowest BCUT2D eigenvalue weighted by Gasteiger charge is -2.07. The van der Waals surface area contributed by atoms with Gasteiger partial charge in [0.1, 0.15) is 0 Å². The van der Waals surface area contributed by atoms with Gasteiger partial charge in [-0.3, -0.25) is 4.79 Å². The smallest absolute Gasteiger partial charge is 0.234 e. The Balaban J connectivity index is 1.66. The topological polar surface area (TPSA) is 85.8 Å². The van der Waals surface area contributed by atoms with Gasteiger partial charge in [-0.1, -0.05) is 58.0 Å². The predicted molar refractivity (Wildman–Crippen MR) is 104 cm³/mol. The number of halogens is 1. The van der Waals surface area contributed by atoms with Crippen LogP contribution in [0.15, 0.2) is 58.2 Å². The molecular formula is C17H16BrN5OS. The molecule has 0 aliphatic heterocycles. The highest BCUT2D eigenvalue weighted by atomic mass is 79.9. The van der Waals surface area contributed by atoms with Gasteiger partial charge >= 0.3 is 0 Å². The number of carbonyl (C=O) groups excluding carboxylic acids is 1. The summed E-state index contributed by atoms with van der Waals surface area (Å²) in [5, 5.41) is 11.6. The molecule has 0 aliphatic rings. The molecule has 8 heteroatoms. The third-order valence-corrected chi connectivity index (χ3v) is 4.93. The summed E-state index contributed by atoms with van der Waals surface area (Å²) in [7, 11) is 0. The lowest BCUT2D eigenvalue weighted by molar-refractivity contribution is -0.113. The average molecular weight is 418 g/mol. The molecule has 0 bridgehead atoms. The molecule has 0 aliphatic carbocycles. The number of rotatable bonds is 5. The number of amides is 1. The number of nitrogens with one attached hydrogen (secondary N) is 1. The molecule has 3 rings (SSSR count). The Morgan fingerprint density at radius 3 is 2.80 bits per heavy atom. The molecule has 0 fully saturated rings. The first kappa shape index (κ1) is 17.5. The van der Waals surface area contributed by atoms with Gasteiger partial charge in [-0.05, 0) is 30.7 Å². The van der Waals surface area contributed by atoms with Crippen molar-refractivity contribution in [2.75, 3.05) is 16.9 Å². The molecular weight excluding hydrogens is 402 g/mol. The first-order chi connectivity index (χ1) is 12.0. The zero-order valence-electron chi connectivity index (χ0n) is 13.4. The summed E-state index contributed by atoms with van der Waals surface area (Å²) < 4.78 is 2.32. The number of hydrogen-bond donors (Lipinski definition) is 2. The molecule has 0 spiro atoms. The third kappa shape index (κ3) is 4.21. The first-order valence-electron chi connectivity index (χ1n) is 7.49. The minimum absolute atomic E-state index is 0.136. The lowest BCUT2D eigenvalue weighted by Crippen LogP contribution is -2.16. The van der Waals surface area contributed by atoms with Crippen LogP contribution in [0.2, 0.25) is 0 Å². The zero-order valence-corrected chi connectivity index (χ0v) is 15.8. The molecule has 25 heavy (non-hydrogen) atoms. The van der Waals surface area contributed by atoms with Crippen molar-refractivity contribution in [2.45, 2.75) is 12.1 Å². The van der Waals surface area contributed by atoms with E-state index in [1.54, 1.807) is 0 Å². The van der Waals surface area contributed by atoms with Gasteiger partial charge in [0, 0.05) is 15.7 Å². The minimum atomic E-state index is -0.136. The van der Waals surface area contributed by atoms with Gasteiger partial charge in [-0.25, -0.2) is 4.68 Å². The molecule has 2 aromatic carbocycles. The van der Waals surface area contributed by atoms with E-state index in [1.165, 1.54) is 16.4 Å². The van der Waals surface area contributed by atoms with E-state index in [1.807, 2.05) is 55.5 Å². The molecule has 6 nitrogen and oxygen atoms in total. The maximum absolute atomic E-state index is 12.1. The van der Waals surface area contributed by atoms with Crippen LogP contribution in [0.1, 0.15) is 5.56 Å². The average Bonchev–Trinajstić information content (AvgIpc) is 2.94. The van der Waals surface area contributed by atoms with Crippen LogP contribution in [0.25, 0.3) is 11.4 Å². The number of nitrogens with two attached hydrogens (primary N) is 1. The van der Waals surface area contributed by atoms with Crippen molar-refractivity contribution < 1.29 is 4.79 Å². The molecule has 3 aromatic rings. The first-order valence-corrected chi connectivity index (χ1v) is 9.27. The van der Waals surface area contributed by atoms with Crippen LogP contribution in [-0.4, -0.2) is 26.5 Å². The molecule has 1 heterocycles. The summed E-state index contributed by atoms with van der Waals surface area (Å²) in [4.78, 5) is 12.1. The van der Waals surface area contributed by atoms with Crippen molar-refractivity contribution in [3.8, 4) is 11.4 Å². The van der Waals surface area contributed by atoms with Gasteiger partial charge in [-0.2, -0.15) is 0 Å². The van der Waals surface area contributed by atoms with Crippen molar-refractivity contribution in [3.05, 3.63) is 58.6 Å². The van der Waals surface area contributed by atoms with Crippen LogP contribution in [0.3, 0.4) is 0 Å². The van der Waals surface area contributed by atoms with Crippen LogP contribution < -0.4 is 11.2 Å². The summed E-state index contributed by atoms with van der Waals surface area (Å²) in [6, 6.07) is 15.2. The Morgan fingerprint density at radius 2 is 2.04 bits per heavy atom. The highest BCUT2D eigenvalue weighted by Crippen LogP contribution is 2.24. The molecule has 1 amide bonds. The fourth-order valence-corrected chi connectivity index (χ4v) is 3.33. The quantitative estimate of drug-likeness (QED) is 0.490. The molecule has 0 atom stereocenters. The molecule has 0 saturated heterocycles. The maximum Gasteiger partial charge on any atom is 0.234 e. The number of carbonyl (C=O) groups is 1. The molecule has 3 N–H and O–H groups in total. The van der Waals surface area contributed by atoms with E-state index in [2.05, 4.69) is 31.4 Å². The van der Waals surface area contributed by atoms with Crippen LogP contribution in [0.4, 0.5) is 5.69 Å². The zero-order chi connectivity index (χ0) is 17.8. The summed E-state index contributed by atoms with van der Waals surface area (Å²) in [5.74, 6) is 6.73. The van der Waals surface area contributed by atoms with Gasteiger partial charge in [0.05, 0.1) is 5.75 Å². The SMILES string of the molecule is Cc1ccccc1-c1nnc(SCC(=O)Nc2cccc(Br)c2)n1N. The van der Waals surface area contributed by atoms with Crippen molar-refractivity contribution in [3.63, 3.8) is 0 Å². The van der Waals surface area contributed by atoms with Crippen molar-refractivity contribution in [1.29, 1.82) is 0 Å². The molecule has 0 saturated carbocycles. The third-order valence-electron chi connectivity index (χ3n) is 3.49. The fourth-order valence-electron chi connectivity index (χ4n) is 2.28. The second kappa shape index (κ2) is 7.71. The van der Waals surface area contributed by atoms with Gasteiger partial charge in [0.15, 0.2) is 5.82 Å². The highest BCUT2D eigenvalue weighted by molar-refractivity contribution is 9.10. The van der Waals surface area contributed by atoms with Gasteiger partial charge in [-0.15, -0.1) is 10.2 Å². The number of anilines is 1. The van der Waals surface area contributed by atoms with Gasteiger partial charge in [0.25, 0.3) is 0 Å². The monoisotopic (exact) mass is 417 g/mol. The van der Waals surface area contributed by atoms with Gasteiger partial charge < -0.3 is 11.2 Å². The molecule has 0 radical (unpaired) electrons. The standard InChI is InChI=1S/C17H16BrN5OS/c1-11-5-2-3-8-14(11)16-21-22-17(23(16)19)25-10-15(24)20-13-7-4-6-12(18)9-13/h2-9H,10,19H2,1H3,(H,20,24). The van der Waals surface area contributed by atoms with Crippen molar-refractivity contribution >= 4 is 39.3 Å². The van der Waals surface area contributed by atoms with E-state index in [9.17, 15) is 4.79 Å². The van der Waals surface area contributed by atoms with E-state index < -0.39 is 0 Å². The molecule has 128 valence electrons. The van der Waals surface area contributed by atoms with E-state index in [4.69, 9.17) is 5.84 Å². The fraction of sp³-hybridized carbons (Fsp3) is 0.118. The number of benzene rings is 2. The van der Waals surface area contributed by atoms with Crippen LogP contribution in [0, 0.1) is 6.92 Å². The second-order valence-electron chi connectivity index (χ2n) is 5.34. The number of thioether (sulfide) groups is 1. The number of aromatic nitrogens is 3. The Hall–Kier alpha value is -2.32. The van der Waals surface area contributed by atoms with E-state index in [0.29, 0.717) is 11.0 Å². The predicted octanol–water partition coefficient (Wildman–Crippen LogP) is 3.46. The minimum Gasteiger partial charge on any atom is -0.335 e. The highest BCUT2D eigenvalue weighted by Gasteiger charge is 2.15. The van der Waals surface area contributed by atoms with Crippen molar-refractivity contribution in [2.24, 2.45) is 0 Å². The number of aryl methyl sites for hydroxylation is 1. The van der Waals surface area contributed by atoms with Crippen LogP contribution in [0.5, 0.6) is 0 Å². The second-order valence-corrected chi connectivity index (χ2v) is 7.20. The Morgan fingerprint density at radius 1 is 1.24 bits per heavy atom. The Labute approximate surface area is 157 Å². The molecule has 1 aromatic heterocycles. The van der Waals surface area contributed by atoms with Crippen LogP contribution >= 0.6 is 27.7 Å². The van der Waals surface area contributed by atoms with Gasteiger partial charge in [0.2, 0.25) is 11.1 Å². The number of nitrogens with zero attached hydrogens (tertiary/aromatic N) is 3. The summed E-state index contributed by atoms with van der Waals surface area (Å²) in [6.45, 7) is 1.99. The lowest BCUT2D eigenvalue weighted by atomic mass is 10.1. The van der Waals surface area contributed by atoms with E-state index in [-0.39, 0.29) is 11.7 Å². The van der Waals surface area contributed by atoms with Crippen molar-refractivity contribution in [1.82, 2.24) is 14.9 Å². The maximum atomic E-state index is 12.1. The Bertz CT molecular complexity index is 912. The largest absolute Gasteiger partial charge is 0.335 e. The Kier molecular flexibility index (Phi) is 5.40. The number of nitrogen functional groups attached to an aromatic ring is 1. The molecule has 0 unspecified atom stereocenters. The van der Waals surface area contributed by atoms with E-state index >= 15 is 0 Å². The number of hydrogen-bond acceptors (Lipinski definition) is 5. The van der Waals surface area contributed by atoms with E-state index in [0.717, 1.165) is 21.3 Å². The normalized spacial score (nSPS) is 10.6. The summed E-state index contributed by atoms with van der Waals surface area (Å²) in [5.41, 5.74) is 2.71. The summed E-state index contributed by atoms with van der Waals surface area (Å²) >= 11 is 4.61. The van der Waals surface area contributed by atoms with Crippen LogP contribution in [-0.2, 0) is 4.79 Å². The summed E-state index contributed by atoms with van der Waals surface area (Å²) in [6.07, 6.45) is 0.